The number of hydrogen-bond acceptors (Lipinski definition) is 3. The van der Waals surface area contributed by atoms with Crippen LogP contribution < -0.4 is 0 Å². The molecule has 0 radical (unpaired) electrons. The Kier molecular flexibility index (Phi) is 2.81. The second kappa shape index (κ2) is 4.23. The van der Waals surface area contributed by atoms with Crippen LogP contribution in [0.1, 0.15) is 26.2 Å². The summed E-state index contributed by atoms with van der Waals surface area (Å²) in [6, 6.07) is -0.0914. The Morgan fingerprint density at radius 3 is 2.61 bits per heavy atom. The van der Waals surface area contributed by atoms with Gasteiger partial charge in [0.1, 0.15) is 0 Å². The van der Waals surface area contributed by atoms with Gasteiger partial charge in [0.05, 0.1) is 13.2 Å². The first-order valence-electron chi connectivity index (χ1n) is 6.74. The predicted molar refractivity (Wildman–Crippen MR) is 64.9 cm³/mol. The number of imide groups is 1. The molecule has 3 rings (SSSR count). The van der Waals surface area contributed by atoms with E-state index >= 15 is 0 Å². The predicted octanol–water partition coefficient (Wildman–Crippen LogP) is 1.09. The van der Waals surface area contributed by atoms with Gasteiger partial charge in [-0.2, -0.15) is 0 Å². The van der Waals surface area contributed by atoms with Gasteiger partial charge in [0.15, 0.2) is 0 Å². The third-order valence-corrected chi connectivity index (χ3v) is 4.01. The lowest BCUT2D eigenvalue weighted by atomic mass is 9.88. The van der Waals surface area contributed by atoms with Gasteiger partial charge in [-0.05, 0) is 18.8 Å². The molecular weight excluding hydrogens is 232 g/mol. The molecule has 0 unspecified atom stereocenters. The van der Waals surface area contributed by atoms with Gasteiger partial charge in [0.25, 0.3) is 0 Å². The third-order valence-electron chi connectivity index (χ3n) is 4.01. The van der Waals surface area contributed by atoms with Gasteiger partial charge < -0.3 is 9.64 Å². The lowest BCUT2D eigenvalue weighted by Gasteiger charge is -2.43. The molecule has 0 spiro atoms. The van der Waals surface area contributed by atoms with Crippen LogP contribution in [0.25, 0.3) is 0 Å². The fraction of sp³-hybridized carbons (Fsp3) is 0.846. The summed E-state index contributed by atoms with van der Waals surface area (Å²) in [7, 11) is 0. The molecule has 3 aliphatic rings. The van der Waals surface area contributed by atoms with Gasteiger partial charge in [-0.25, -0.2) is 4.79 Å². The van der Waals surface area contributed by atoms with Gasteiger partial charge in [-0.1, -0.05) is 6.92 Å². The number of nitrogens with zero attached hydrogens (tertiary/aromatic N) is 2. The number of carbonyl (C=O) groups is 2. The number of amides is 3. The van der Waals surface area contributed by atoms with E-state index in [4.69, 9.17) is 4.74 Å². The Morgan fingerprint density at radius 2 is 2.06 bits per heavy atom. The van der Waals surface area contributed by atoms with E-state index in [1.807, 2.05) is 4.90 Å². The maximum Gasteiger partial charge on any atom is 0.326 e. The van der Waals surface area contributed by atoms with Gasteiger partial charge in [-0.3, -0.25) is 9.69 Å². The lowest BCUT2D eigenvalue weighted by molar-refractivity contribution is -0.142. The molecule has 2 aliphatic heterocycles. The van der Waals surface area contributed by atoms with Gasteiger partial charge in [0, 0.05) is 31.5 Å². The topological polar surface area (TPSA) is 49.9 Å². The summed E-state index contributed by atoms with van der Waals surface area (Å²) in [6.45, 7) is 5.29. The minimum absolute atomic E-state index is 0.0276. The summed E-state index contributed by atoms with van der Waals surface area (Å²) in [5.74, 6) is 0.645. The standard InChI is InChI=1S/C13H20N2O3/c1-13(8-18-9-13)7-15-11(16)4-5-14(12(15)17)6-10-2-3-10/h10H,2-9H2,1H3. The molecule has 0 atom stereocenters. The fourth-order valence-corrected chi connectivity index (χ4v) is 2.60. The van der Waals surface area contributed by atoms with Crippen molar-refractivity contribution in [2.24, 2.45) is 11.3 Å². The maximum atomic E-state index is 12.3. The molecule has 0 N–H and O–H groups in total. The zero-order chi connectivity index (χ0) is 12.8. The molecule has 2 heterocycles. The van der Waals surface area contributed by atoms with Crippen molar-refractivity contribution in [2.45, 2.75) is 26.2 Å². The molecule has 5 heteroatoms. The van der Waals surface area contributed by atoms with E-state index in [2.05, 4.69) is 6.92 Å². The molecular formula is C13H20N2O3. The molecule has 0 aromatic carbocycles. The van der Waals surface area contributed by atoms with Crippen LogP contribution in [-0.2, 0) is 9.53 Å². The summed E-state index contributed by atoms with van der Waals surface area (Å²) < 4.78 is 5.19. The smallest absolute Gasteiger partial charge is 0.326 e. The monoisotopic (exact) mass is 252 g/mol. The van der Waals surface area contributed by atoms with Crippen LogP contribution in [0, 0.1) is 11.3 Å². The molecule has 1 aliphatic carbocycles. The van der Waals surface area contributed by atoms with Crippen LogP contribution in [0.15, 0.2) is 0 Å². The van der Waals surface area contributed by atoms with E-state index in [9.17, 15) is 9.59 Å². The van der Waals surface area contributed by atoms with Crippen molar-refractivity contribution in [3.8, 4) is 0 Å². The first-order valence-corrected chi connectivity index (χ1v) is 6.74. The minimum Gasteiger partial charge on any atom is -0.380 e. The molecule has 18 heavy (non-hydrogen) atoms. The normalized spacial score (nSPS) is 27.4. The van der Waals surface area contributed by atoms with Crippen molar-refractivity contribution in [3.63, 3.8) is 0 Å². The molecule has 3 fully saturated rings. The number of ether oxygens (including phenoxy) is 1. The van der Waals surface area contributed by atoms with Crippen LogP contribution in [0.2, 0.25) is 0 Å². The third kappa shape index (κ3) is 2.23. The number of hydrogen-bond donors (Lipinski definition) is 0. The summed E-state index contributed by atoms with van der Waals surface area (Å²) >= 11 is 0. The minimum atomic E-state index is -0.0914. The fourth-order valence-electron chi connectivity index (χ4n) is 2.60. The highest BCUT2D eigenvalue weighted by atomic mass is 16.5. The van der Waals surface area contributed by atoms with E-state index in [1.165, 1.54) is 17.7 Å². The molecule has 2 saturated heterocycles. The van der Waals surface area contributed by atoms with Gasteiger partial charge in [0.2, 0.25) is 5.91 Å². The van der Waals surface area contributed by atoms with Crippen LogP contribution >= 0.6 is 0 Å². The SMILES string of the molecule is CC1(CN2C(=O)CCN(CC3CC3)C2=O)COC1. The van der Waals surface area contributed by atoms with Crippen LogP contribution in [0.4, 0.5) is 4.79 Å². The summed E-state index contributed by atoms with van der Waals surface area (Å²) in [4.78, 5) is 27.5. The van der Waals surface area contributed by atoms with E-state index < -0.39 is 0 Å². The number of carbonyl (C=O) groups excluding carboxylic acids is 2. The molecule has 0 bridgehead atoms. The van der Waals surface area contributed by atoms with Crippen molar-refractivity contribution < 1.29 is 14.3 Å². The Hall–Kier alpha value is -1.10. The molecule has 0 aromatic heterocycles. The molecule has 1 saturated carbocycles. The highest BCUT2D eigenvalue weighted by Gasteiger charge is 2.42. The van der Waals surface area contributed by atoms with Gasteiger partial charge in [-0.15, -0.1) is 0 Å². The first-order chi connectivity index (χ1) is 8.57. The summed E-state index contributed by atoms with van der Waals surface area (Å²) in [5, 5.41) is 0. The number of urea groups is 1. The molecule has 3 amide bonds. The lowest BCUT2D eigenvalue weighted by Crippen LogP contribution is -2.58. The Balaban J connectivity index is 1.65. The Bertz CT molecular complexity index is 374. The van der Waals surface area contributed by atoms with E-state index in [0.29, 0.717) is 38.6 Å². The average Bonchev–Trinajstić information content (AvgIpc) is 3.10. The zero-order valence-electron chi connectivity index (χ0n) is 10.9. The summed E-state index contributed by atoms with van der Waals surface area (Å²) in [5.41, 5.74) is -0.0338. The van der Waals surface area contributed by atoms with E-state index in [0.717, 1.165) is 6.54 Å². The average molecular weight is 252 g/mol. The number of rotatable bonds is 4. The van der Waals surface area contributed by atoms with E-state index in [1.54, 1.807) is 0 Å². The quantitative estimate of drug-likeness (QED) is 0.752. The Morgan fingerprint density at radius 1 is 1.33 bits per heavy atom. The largest absolute Gasteiger partial charge is 0.380 e. The molecule has 5 nitrogen and oxygen atoms in total. The summed E-state index contributed by atoms with van der Waals surface area (Å²) in [6.07, 6.45) is 2.92. The second-order valence-electron chi connectivity index (χ2n) is 6.21. The highest BCUT2D eigenvalue weighted by Crippen LogP contribution is 2.32. The molecule has 0 aromatic rings. The van der Waals surface area contributed by atoms with Crippen molar-refractivity contribution in [3.05, 3.63) is 0 Å². The van der Waals surface area contributed by atoms with Crippen LogP contribution in [0.3, 0.4) is 0 Å². The molecule has 100 valence electrons. The Labute approximate surface area is 107 Å². The van der Waals surface area contributed by atoms with Crippen molar-refractivity contribution in [1.82, 2.24) is 9.80 Å². The van der Waals surface area contributed by atoms with Crippen molar-refractivity contribution in [2.75, 3.05) is 32.8 Å². The van der Waals surface area contributed by atoms with Crippen LogP contribution in [0.5, 0.6) is 0 Å². The zero-order valence-corrected chi connectivity index (χ0v) is 10.9. The van der Waals surface area contributed by atoms with Crippen molar-refractivity contribution >= 4 is 11.9 Å². The van der Waals surface area contributed by atoms with Crippen LogP contribution in [-0.4, -0.2) is 54.6 Å². The highest BCUT2D eigenvalue weighted by molar-refractivity contribution is 5.96. The first kappa shape index (κ1) is 12.0. The second-order valence-corrected chi connectivity index (χ2v) is 6.21. The van der Waals surface area contributed by atoms with Gasteiger partial charge >= 0.3 is 6.03 Å². The maximum absolute atomic E-state index is 12.3. The van der Waals surface area contributed by atoms with E-state index in [-0.39, 0.29) is 17.4 Å². The van der Waals surface area contributed by atoms with Crippen molar-refractivity contribution in [1.29, 1.82) is 0 Å².